The van der Waals surface area contributed by atoms with Gasteiger partial charge < -0.3 is 0 Å². The number of hydrogen-bond donors (Lipinski definition) is 0. The van der Waals surface area contributed by atoms with Gasteiger partial charge in [0, 0.05) is 0 Å². The van der Waals surface area contributed by atoms with Crippen molar-refractivity contribution in [3.05, 3.63) is 37.5 Å². The quantitative estimate of drug-likeness (QED) is 0.564. The van der Waals surface area contributed by atoms with Crippen molar-refractivity contribution in [3.63, 3.8) is 0 Å². The van der Waals surface area contributed by atoms with Crippen molar-refractivity contribution in [1.29, 1.82) is 0 Å². The lowest BCUT2D eigenvalue weighted by Crippen LogP contribution is -1.87. The summed E-state index contributed by atoms with van der Waals surface area (Å²) in [6.45, 7) is 11.8. The highest BCUT2D eigenvalue weighted by Gasteiger charge is 2.00. The van der Waals surface area contributed by atoms with Gasteiger partial charge in [0.05, 0.1) is 0 Å². The van der Waals surface area contributed by atoms with Gasteiger partial charge in [-0.3, -0.25) is 0 Å². The lowest BCUT2D eigenvalue weighted by atomic mass is 10.0. The Kier molecular flexibility index (Phi) is 8.31. The van der Waals surface area contributed by atoms with E-state index in [0.29, 0.717) is 0 Å². The standard InChI is InChI=1S/C8H14.C6H10/c1-4-6-8(3)7-5-2;1-6-4-2-3-5-6/h4-5,8H,1-2,6-7H2,3H3;2-3,6H,4-5H2,1H3. The Morgan fingerprint density at radius 1 is 1.21 bits per heavy atom. The molecule has 0 amide bonds. The third-order valence-corrected chi connectivity index (χ3v) is 2.38. The van der Waals surface area contributed by atoms with Crippen molar-refractivity contribution in [2.24, 2.45) is 11.8 Å². The molecule has 0 heterocycles. The van der Waals surface area contributed by atoms with E-state index in [1.807, 2.05) is 12.2 Å². The molecule has 0 aliphatic heterocycles. The third kappa shape index (κ3) is 7.85. The lowest BCUT2D eigenvalue weighted by molar-refractivity contribution is 0.604. The van der Waals surface area contributed by atoms with Crippen molar-refractivity contribution >= 4 is 0 Å². The Hall–Kier alpha value is -0.780. The smallest absolute Gasteiger partial charge is 0.0322 e. The molecule has 0 aromatic rings. The maximum atomic E-state index is 3.65. The van der Waals surface area contributed by atoms with Crippen molar-refractivity contribution in [2.75, 3.05) is 0 Å². The Labute approximate surface area is 89.4 Å². The van der Waals surface area contributed by atoms with Crippen molar-refractivity contribution in [1.82, 2.24) is 0 Å². The van der Waals surface area contributed by atoms with Gasteiger partial charge in [0.25, 0.3) is 0 Å². The van der Waals surface area contributed by atoms with Crippen molar-refractivity contribution < 1.29 is 0 Å². The maximum Gasteiger partial charge on any atom is -0.0322 e. The van der Waals surface area contributed by atoms with E-state index >= 15 is 0 Å². The van der Waals surface area contributed by atoms with Crippen LogP contribution in [0.5, 0.6) is 0 Å². The van der Waals surface area contributed by atoms with E-state index in [1.54, 1.807) is 0 Å². The molecular formula is C14H24. The Morgan fingerprint density at radius 2 is 1.64 bits per heavy atom. The molecule has 1 aliphatic rings. The Bertz CT molecular complexity index is 158. The molecule has 0 atom stereocenters. The van der Waals surface area contributed by atoms with E-state index in [1.165, 1.54) is 12.8 Å². The molecule has 80 valence electrons. The molecule has 0 unspecified atom stereocenters. The van der Waals surface area contributed by atoms with Crippen LogP contribution in [0.1, 0.15) is 39.5 Å². The minimum absolute atomic E-state index is 0.727. The van der Waals surface area contributed by atoms with E-state index in [-0.39, 0.29) is 0 Å². The van der Waals surface area contributed by atoms with E-state index in [9.17, 15) is 0 Å². The van der Waals surface area contributed by atoms with E-state index in [2.05, 4.69) is 39.2 Å². The SMILES string of the molecule is C=CCC(C)CC=C.CC1CC=CC1. The van der Waals surface area contributed by atoms with Gasteiger partial charge in [0.1, 0.15) is 0 Å². The summed E-state index contributed by atoms with van der Waals surface area (Å²) in [4.78, 5) is 0. The van der Waals surface area contributed by atoms with Crippen molar-refractivity contribution in [2.45, 2.75) is 39.5 Å². The molecule has 0 N–H and O–H groups in total. The summed E-state index contributed by atoms with van der Waals surface area (Å²) in [5.74, 6) is 1.66. The van der Waals surface area contributed by atoms with E-state index in [4.69, 9.17) is 0 Å². The van der Waals surface area contributed by atoms with Crippen LogP contribution < -0.4 is 0 Å². The van der Waals surface area contributed by atoms with Gasteiger partial charge in [0.15, 0.2) is 0 Å². The van der Waals surface area contributed by atoms with Crippen molar-refractivity contribution in [3.8, 4) is 0 Å². The van der Waals surface area contributed by atoms with Gasteiger partial charge in [-0.05, 0) is 37.5 Å². The predicted molar refractivity (Wildman–Crippen MR) is 66.3 cm³/mol. The Morgan fingerprint density at radius 3 is 1.86 bits per heavy atom. The van der Waals surface area contributed by atoms with Gasteiger partial charge >= 0.3 is 0 Å². The number of hydrogen-bond acceptors (Lipinski definition) is 0. The zero-order valence-corrected chi connectivity index (χ0v) is 9.71. The summed E-state index contributed by atoms with van der Waals surface area (Å²) in [6.07, 6.45) is 13.2. The molecule has 14 heavy (non-hydrogen) atoms. The highest BCUT2D eigenvalue weighted by Crippen LogP contribution is 2.15. The van der Waals surface area contributed by atoms with Gasteiger partial charge in [-0.1, -0.05) is 38.2 Å². The van der Waals surface area contributed by atoms with Crippen LogP contribution in [0.25, 0.3) is 0 Å². The maximum absolute atomic E-state index is 3.65. The first kappa shape index (κ1) is 13.2. The molecular weight excluding hydrogens is 168 g/mol. The minimum Gasteiger partial charge on any atom is -0.103 e. The molecule has 0 bridgehead atoms. The van der Waals surface area contributed by atoms with Crippen LogP contribution in [0, 0.1) is 11.8 Å². The van der Waals surface area contributed by atoms with Crippen LogP contribution in [0.2, 0.25) is 0 Å². The van der Waals surface area contributed by atoms with Gasteiger partial charge in [-0.2, -0.15) is 0 Å². The summed E-state index contributed by atoms with van der Waals surface area (Å²) < 4.78 is 0. The Balaban J connectivity index is 0.000000249. The van der Waals surface area contributed by atoms with Gasteiger partial charge in [-0.25, -0.2) is 0 Å². The summed E-state index contributed by atoms with van der Waals surface area (Å²) in [5, 5.41) is 0. The molecule has 0 aromatic heterocycles. The second-order valence-corrected chi connectivity index (χ2v) is 4.20. The fraction of sp³-hybridized carbons (Fsp3) is 0.571. The normalized spacial score (nSPS) is 15.1. The highest BCUT2D eigenvalue weighted by atomic mass is 14.1. The van der Waals surface area contributed by atoms with Gasteiger partial charge in [-0.15, -0.1) is 13.2 Å². The summed E-state index contributed by atoms with van der Waals surface area (Å²) in [6, 6.07) is 0. The first-order chi connectivity index (χ1) is 6.70. The van der Waals surface area contributed by atoms with E-state index < -0.39 is 0 Å². The van der Waals surface area contributed by atoms with Crippen LogP contribution >= 0.6 is 0 Å². The summed E-state index contributed by atoms with van der Waals surface area (Å²) in [7, 11) is 0. The molecule has 0 nitrogen and oxygen atoms in total. The lowest BCUT2D eigenvalue weighted by Gasteiger charge is -2.01. The summed E-state index contributed by atoms with van der Waals surface area (Å²) in [5.41, 5.74) is 0. The first-order valence-corrected chi connectivity index (χ1v) is 5.57. The van der Waals surface area contributed by atoms with Crippen LogP contribution in [-0.2, 0) is 0 Å². The second-order valence-electron chi connectivity index (χ2n) is 4.20. The highest BCUT2D eigenvalue weighted by molar-refractivity contribution is 4.92. The largest absolute Gasteiger partial charge is 0.103 e. The monoisotopic (exact) mass is 192 g/mol. The fourth-order valence-corrected chi connectivity index (χ4v) is 1.42. The molecule has 0 spiro atoms. The molecule has 0 radical (unpaired) electrons. The summed E-state index contributed by atoms with van der Waals surface area (Å²) >= 11 is 0. The molecule has 1 rings (SSSR count). The number of allylic oxidation sites excluding steroid dienone is 4. The van der Waals surface area contributed by atoms with Crippen LogP contribution in [0.3, 0.4) is 0 Å². The van der Waals surface area contributed by atoms with E-state index in [0.717, 1.165) is 24.7 Å². The number of rotatable bonds is 4. The fourth-order valence-electron chi connectivity index (χ4n) is 1.42. The molecule has 0 aromatic carbocycles. The van der Waals surface area contributed by atoms with Crippen LogP contribution in [0.15, 0.2) is 37.5 Å². The second kappa shape index (κ2) is 8.80. The minimum atomic E-state index is 0.727. The molecule has 0 saturated carbocycles. The molecule has 0 heteroatoms. The van der Waals surface area contributed by atoms with Gasteiger partial charge in [0.2, 0.25) is 0 Å². The zero-order valence-electron chi connectivity index (χ0n) is 9.71. The average molecular weight is 192 g/mol. The zero-order chi connectivity index (χ0) is 10.8. The molecule has 0 fully saturated rings. The average Bonchev–Trinajstić information content (AvgIpc) is 2.58. The first-order valence-electron chi connectivity index (χ1n) is 5.57. The topological polar surface area (TPSA) is 0 Å². The van der Waals surface area contributed by atoms with Crippen LogP contribution in [-0.4, -0.2) is 0 Å². The third-order valence-electron chi connectivity index (χ3n) is 2.38. The van der Waals surface area contributed by atoms with Crippen LogP contribution in [0.4, 0.5) is 0 Å². The molecule has 0 saturated heterocycles. The molecule has 1 aliphatic carbocycles. The predicted octanol–water partition coefficient (Wildman–Crippen LogP) is 4.75.